The fourth-order valence-corrected chi connectivity index (χ4v) is 4.17. The van der Waals surface area contributed by atoms with Crippen LogP contribution in [0.4, 0.5) is 0 Å². The van der Waals surface area contributed by atoms with E-state index in [4.69, 9.17) is 23.7 Å². The van der Waals surface area contributed by atoms with Crippen LogP contribution in [0.15, 0.2) is 23.8 Å². The molecule has 1 aliphatic rings. The lowest BCUT2D eigenvalue weighted by Gasteiger charge is -2.17. The summed E-state index contributed by atoms with van der Waals surface area (Å²) in [7, 11) is 6.74. The van der Waals surface area contributed by atoms with Gasteiger partial charge in [-0.25, -0.2) is 4.98 Å². The summed E-state index contributed by atoms with van der Waals surface area (Å²) < 4.78 is 29.9. The van der Waals surface area contributed by atoms with Crippen molar-refractivity contribution in [3.63, 3.8) is 0 Å². The van der Waals surface area contributed by atoms with Gasteiger partial charge in [-0.3, -0.25) is 0 Å². The summed E-state index contributed by atoms with van der Waals surface area (Å²) >= 11 is 1.58. The minimum absolute atomic E-state index is 0.536. The Morgan fingerprint density at radius 1 is 1.04 bits per heavy atom. The largest absolute Gasteiger partial charge is 0.493 e. The summed E-state index contributed by atoms with van der Waals surface area (Å²) in [5, 5.41) is 1.97. The molecule has 0 N–H and O–H groups in total. The molecule has 4 rings (SSSR count). The lowest BCUT2D eigenvalue weighted by Crippen LogP contribution is -2.14. The zero-order valence-corrected chi connectivity index (χ0v) is 16.4. The second-order valence-corrected chi connectivity index (χ2v) is 6.80. The minimum Gasteiger partial charge on any atom is -0.493 e. The molecule has 2 aromatic heterocycles. The van der Waals surface area contributed by atoms with Gasteiger partial charge >= 0.3 is 0 Å². The average Bonchev–Trinajstić information content (AvgIpc) is 3.29. The Morgan fingerprint density at radius 3 is 2.41 bits per heavy atom. The number of ether oxygens (including phenoxy) is 5. The second-order valence-electron chi connectivity index (χ2n) is 5.92. The molecule has 0 spiro atoms. The van der Waals surface area contributed by atoms with Gasteiger partial charge < -0.3 is 28.3 Å². The number of thiophene rings is 1. The van der Waals surface area contributed by atoms with Gasteiger partial charge in [0.1, 0.15) is 13.2 Å². The van der Waals surface area contributed by atoms with Crippen LogP contribution in [0.3, 0.4) is 0 Å². The molecule has 0 bridgehead atoms. The Morgan fingerprint density at radius 2 is 1.74 bits per heavy atom. The number of aryl methyl sites for hydroxylation is 1. The maximum absolute atomic E-state index is 5.87. The molecule has 0 saturated heterocycles. The van der Waals surface area contributed by atoms with E-state index in [1.807, 2.05) is 29.1 Å². The molecule has 1 aliphatic heterocycles. The van der Waals surface area contributed by atoms with Crippen molar-refractivity contribution in [2.45, 2.75) is 0 Å². The Bertz CT molecular complexity index is 954. The van der Waals surface area contributed by atoms with Crippen molar-refractivity contribution < 1.29 is 23.7 Å². The lowest BCUT2D eigenvalue weighted by atomic mass is 10.1. The first-order valence-corrected chi connectivity index (χ1v) is 9.25. The van der Waals surface area contributed by atoms with Crippen LogP contribution in [0, 0.1) is 0 Å². The normalized spacial score (nSPS) is 12.7. The smallest absolute Gasteiger partial charge is 0.203 e. The van der Waals surface area contributed by atoms with Gasteiger partial charge in [0, 0.05) is 18.0 Å². The van der Waals surface area contributed by atoms with Crippen molar-refractivity contribution in [2.24, 2.45) is 7.05 Å². The zero-order chi connectivity index (χ0) is 19.0. The highest BCUT2D eigenvalue weighted by Crippen LogP contribution is 2.49. The molecule has 0 amide bonds. The lowest BCUT2D eigenvalue weighted by molar-refractivity contribution is 0.174. The summed E-state index contributed by atoms with van der Waals surface area (Å²) in [5.74, 6) is 3.25. The molecule has 0 fully saturated rings. The number of imidazole rings is 1. The Labute approximate surface area is 161 Å². The Balaban J connectivity index is 1.89. The summed E-state index contributed by atoms with van der Waals surface area (Å²) in [6.45, 7) is 1.10. The van der Waals surface area contributed by atoms with E-state index in [2.05, 4.69) is 4.98 Å². The van der Waals surface area contributed by atoms with Crippen molar-refractivity contribution in [1.82, 2.24) is 9.55 Å². The molecule has 1 aromatic carbocycles. The standard InChI is InChI=1S/C19H20N2O5S/c1-21-10-20-15(11-7-12(22-2)17(24-4)13(8-11)23-3)16(21)19-18-14(9-27-19)25-5-6-26-18/h7-10H,5-6H2,1-4H3. The molecule has 3 heterocycles. The Kier molecular flexibility index (Phi) is 4.57. The van der Waals surface area contributed by atoms with Crippen molar-refractivity contribution in [1.29, 1.82) is 0 Å². The van der Waals surface area contributed by atoms with Crippen LogP contribution in [-0.2, 0) is 7.05 Å². The van der Waals surface area contributed by atoms with Gasteiger partial charge in [0.05, 0.1) is 43.9 Å². The predicted octanol–water partition coefficient (Wildman–Crippen LogP) is 3.61. The van der Waals surface area contributed by atoms with Gasteiger partial charge in [0.2, 0.25) is 5.75 Å². The molecular weight excluding hydrogens is 368 g/mol. The molecule has 27 heavy (non-hydrogen) atoms. The van der Waals surface area contributed by atoms with Gasteiger partial charge in [-0.15, -0.1) is 11.3 Å². The molecule has 0 aliphatic carbocycles. The van der Waals surface area contributed by atoms with E-state index in [0.717, 1.165) is 33.3 Å². The van der Waals surface area contributed by atoms with Crippen LogP contribution in [0.2, 0.25) is 0 Å². The van der Waals surface area contributed by atoms with Gasteiger partial charge in [-0.05, 0) is 12.1 Å². The van der Waals surface area contributed by atoms with E-state index in [1.165, 1.54) is 0 Å². The van der Waals surface area contributed by atoms with E-state index in [1.54, 1.807) is 39.0 Å². The molecule has 0 radical (unpaired) electrons. The number of hydrogen-bond acceptors (Lipinski definition) is 7. The third-order valence-corrected chi connectivity index (χ3v) is 5.34. The van der Waals surface area contributed by atoms with Gasteiger partial charge in [0.25, 0.3) is 0 Å². The van der Waals surface area contributed by atoms with E-state index < -0.39 is 0 Å². The number of hydrogen-bond donors (Lipinski definition) is 0. The molecule has 0 atom stereocenters. The fourth-order valence-electron chi connectivity index (χ4n) is 3.15. The van der Waals surface area contributed by atoms with E-state index >= 15 is 0 Å². The monoisotopic (exact) mass is 388 g/mol. The maximum Gasteiger partial charge on any atom is 0.203 e. The van der Waals surface area contributed by atoms with E-state index in [0.29, 0.717) is 30.5 Å². The second kappa shape index (κ2) is 7.03. The van der Waals surface area contributed by atoms with Crippen molar-refractivity contribution >= 4 is 11.3 Å². The van der Waals surface area contributed by atoms with E-state index in [-0.39, 0.29) is 0 Å². The number of aromatic nitrogens is 2. The predicted molar refractivity (Wildman–Crippen MR) is 103 cm³/mol. The minimum atomic E-state index is 0.536. The number of nitrogens with zero attached hydrogens (tertiary/aromatic N) is 2. The fraction of sp³-hybridized carbons (Fsp3) is 0.316. The number of fused-ring (bicyclic) bond motifs is 1. The molecular formula is C19H20N2O5S. The van der Waals surface area contributed by atoms with Crippen LogP contribution in [0.25, 0.3) is 21.8 Å². The SMILES string of the molecule is COc1cc(-c2ncn(C)c2-c2scc3c2OCCO3)cc(OC)c1OC. The van der Waals surface area contributed by atoms with Crippen molar-refractivity contribution in [3.8, 4) is 50.6 Å². The zero-order valence-electron chi connectivity index (χ0n) is 15.6. The van der Waals surface area contributed by atoms with Crippen molar-refractivity contribution in [3.05, 3.63) is 23.8 Å². The number of rotatable bonds is 5. The summed E-state index contributed by atoms with van der Waals surface area (Å²) in [6, 6.07) is 3.79. The van der Waals surface area contributed by atoms with Crippen molar-refractivity contribution in [2.75, 3.05) is 34.5 Å². The molecule has 0 unspecified atom stereocenters. The third kappa shape index (κ3) is 2.86. The van der Waals surface area contributed by atoms with Gasteiger partial charge in [-0.1, -0.05) is 0 Å². The van der Waals surface area contributed by atoms with Crippen LogP contribution in [-0.4, -0.2) is 44.1 Å². The molecule has 142 valence electrons. The van der Waals surface area contributed by atoms with Crippen LogP contribution >= 0.6 is 11.3 Å². The molecule has 0 saturated carbocycles. The molecule has 3 aromatic rings. The van der Waals surface area contributed by atoms with Crippen LogP contribution in [0.1, 0.15) is 0 Å². The van der Waals surface area contributed by atoms with Crippen LogP contribution in [0.5, 0.6) is 28.7 Å². The maximum atomic E-state index is 5.87. The summed E-state index contributed by atoms with van der Waals surface area (Å²) in [5.41, 5.74) is 2.61. The topological polar surface area (TPSA) is 64.0 Å². The first-order valence-electron chi connectivity index (χ1n) is 8.37. The number of benzene rings is 1. The summed E-state index contributed by atoms with van der Waals surface area (Å²) in [4.78, 5) is 5.60. The highest BCUT2D eigenvalue weighted by atomic mass is 32.1. The molecule has 8 heteroatoms. The first kappa shape index (κ1) is 17.5. The number of methoxy groups -OCH3 is 3. The first-order chi connectivity index (χ1) is 13.2. The van der Waals surface area contributed by atoms with Gasteiger partial charge in [-0.2, -0.15) is 0 Å². The van der Waals surface area contributed by atoms with Crippen LogP contribution < -0.4 is 23.7 Å². The Hall–Kier alpha value is -2.87. The van der Waals surface area contributed by atoms with E-state index in [9.17, 15) is 0 Å². The van der Waals surface area contributed by atoms with Gasteiger partial charge in [0.15, 0.2) is 23.0 Å². The average molecular weight is 388 g/mol. The highest BCUT2D eigenvalue weighted by Gasteiger charge is 2.26. The molecule has 7 nitrogen and oxygen atoms in total. The third-order valence-electron chi connectivity index (χ3n) is 4.39. The highest BCUT2D eigenvalue weighted by molar-refractivity contribution is 7.14. The quantitative estimate of drug-likeness (QED) is 0.665. The summed E-state index contributed by atoms with van der Waals surface area (Å²) in [6.07, 6.45) is 1.78.